The van der Waals surface area contributed by atoms with Gasteiger partial charge in [-0.05, 0) is 66.3 Å². The maximum atomic E-state index is 14.7. The largest absolute Gasteiger partial charge is 0.481 e. The van der Waals surface area contributed by atoms with Crippen LogP contribution in [0.15, 0.2) is 54.7 Å². The summed E-state index contributed by atoms with van der Waals surface area (Å²) in [5.41, 5.74) is 2.47. The van der Waals surface area contributed by atoms with E-state index in [2.05, 4.69) is 11.9 Å². The Labute approximate surface area is 213 Å². The first-order valence-electron chi connectivity index (χ1n) is 11.7. The Balaban J connectivity index is 1.85. The molecule has 2 atom stereocenters. The fourth-order valence-corrected chi connectivity index (χ4v) is 5.29. The first-order valence-corrected chi connectivity index (χ1v) is 13.6. The predicted octanol–water partition coefficient (Wildman–Crippen LogP) is 4.85. The maximum absolute atomic E-state index is 14.7. The number of fused-ring (bicyclic) bond motifs is 1. The van der Waals surface area contributed by atoms with Gasteiger partial charge in [0.15, 0.2) is 0 Å². The number of hydrogen-bond donors (Lipinski definition) is 1. The van der Waals surface area contributed by atoms with E-state index in [1.807, 2.05) is 22.9 Å². The van der Waals surface area contributed by atoms with Gasteiger partial charge in [0, 0.05) is 33.8 Å². The fraction of sp³-hybridized carbons (Fsp3) is 0.259. The number of hydrogen-bond acceptors (Lipinski definition) is 5. The summed E-state index contributed by atoms with van der Waals surface area (Å²) in [6.07, 6.45) is 3.45. The van der Waals surface area contributed by atoms with Crippen LogP contribution in [-0.4, -0.2) is 37.2 Å². The van der Waals surface area contributed by atoms with Gasteiger partial charge in [-0.1, -0.05) is 13.0 Å². The molecule has 7 nitrogen and oxygen atoms in total. The van der Waals surface area contributed by atoms with Crippen molar-refractivity contribution in [3.8, 4) is 17.0 Å². The van der Waals surface area contributed by atoms with E-state index in [-0.39, 0.29) is 23.7 Å². The van der Waals surface area contributed by atoms with Crippen LogP contribution >= 0.6 is 0 Å². The molecule has 37 heavy (non-hydrogen) atoms. The molecule has 1 N–H and O–H groups in total. The predicted molar refractivity (Wildman–Crippen MR) is 136 cm³/mol. The van der Waals surface area contributed by atoms with E-state index in [9.17, 15) is 22.0 Å². The highest BCUT2D eigenvalue weighted by Gasteiger charge is 2.35. The summed E-state index contributed by atoms with van der Waals surface area (Å²) in [6, 6.07) is 12.2. The fourth-order valence-electron chi connectivity index (χ4n) is 4.86. The van der Waals surface area contributed by atoms with Crippen LogP contribution in [0.3, 0.4) is 0 Å². The van der Waals surface area contributed by atoms with Crippen molar-refractivity contribution < 1.29 is 26.7 Å². The minimum atomic E-state index is -3.94. The zero-order valence-electron chi connectivity index (χ0n) is 20.5. The number of pyridine rings is 1. The SMILES string of the molecule is COc1ncccc1-c1c(C(=O)NS(C)(=O)=O)n(Cc2cc(F)ccc2F)c2ccc([C@H]3C[C@H]3C)cc12. The van der Waals surface area contributed by atoms with Crippen LogP contribution in [0.5, 0.6) is 5.88 Å². The van der Waals surface area contributed by atoms with Crippen LogP contribution in [-0.2, 0) is 16.6 Å². The van der Waals surface area contributed by atoms with Crippen LogP contribution in [0, 0.1) is 17.6 Å². The summed E-state index contributed by atoms with van der Waals surface area (Å²) in [4.78, 5) is 17.8. The highest BCUT2D eigenvalue weighted by molar-refractivity contribution is 7.89. The lowest BCUT2D eigenvalue weighted by Crippen LogP contribution is -2.31. The third-order valence-corrected chi connectivity index (χ3v) is 7.24. The Morgan fingerprint density at radius 3 is 2.62 bits per heavy atom. The second kappa shape index (κ2) is 9.26. The molecule has 192 valence electrons. The first kappa shape index (κ1) is 24.9. The number of carbonyl (C=O) groups excluding carboxylic acids is 1. The molecule has 1 aliphatic carbocycles. The van der Waals surface area contributed by atoms with E-state index in [4.69, 9.17) is 4.74 Å². The normalized spacial score (nSPS) is 17.1. The maximum Gasteiger partial charge on any atom is 0.282 e. The van der Waals surface area contributed by atoms with E-state index in [1.165, 1.54) is 17.9 Å². The molecule has 10 heteroatoms. The second-order valence-electron chi connectivity index (χ2n) is 9.41. The highest BCUT2D eigenvalue weighted by atomic mass is 32.2. The molecule has 2 aromatic carbocycles. The number of amides is 1. The molecule has 0 spiro atoms. The van der Waals surface area contributed by atoms with Crippen molar-refractivity contribution in [3.05, 3.63) is 83.2 Å². The third-order valence-electron chi connectivity index (χ3n) is 6.69. The summed E-state index contributed by atoms with van der Waals surface area (Å²) < 4.78 is 61.9. The van der Waals surface area contributed by atoms with Crippen molar-refractivity contribution in [2.45, 2.75) is 25.8 Å². The number of carbonyl (C=O) groups is 1. The number of ether oxygens (including phenoxy) is 1. The van der Waals surface area contributed by atoms with E-state index in [0.717, 1.165) is 36.4 Å². The molecular weight excluding hydrogens is 500 g/mol. The molecule has 0 unspecified atom stereocenters. The first-order chi connectivity index (χ1) is 17.6. The molecule has 1 fully saturated rings. The average molecular weight is 526 g/mol. The van der Waals surface area contributed by atoms with Gasteiger partial charge < -0.3 is 9.30 Å². The van der Waals surface area contributed by atoms with Gasteiger partial charge in [-0.15, -0.1) is 0 Å². The molecule has 0 aliphatic heterocycles. The molecule has 1 aliphatic rings. The van der Waals surface area contributed by atoms with Crippen molar-refractivity contribution in [1.82, 2.24) is 14.3 Å². The molecular formula is C27H25F2N3O4S. The molecule has 5 rings (SSSR count). The smallest absolute Gasteiger partial charge is 0.282 e. The Morgan fingerprint density at radius 1 is 1.19 bits per heavy atom. The second-order valence-corrected chi connectivity index (χ2v) is 11.2. The van der Waals surface area contributed by atoms with Crippen LogP contribution in [0.2, 0.25) is 0 Å². The van der Waals surface area contributed by atoms with Crippen molar-refractivity contribution in [1.29, 1.82) is 0 Å². The Hall–Kier alpha value is -3.79. The van der Waals surface area contributed by atoms with E-state index in [0.29, 0.717) is 33.9 Å². The molecule has 1 saturated carbocycles. The van der Waals surface area contributed by atoms with Gasteiger partial charge in [0.1, 0.15) is 17.3 Å². The van der Waals surface area contributed by atoms with Crippen LogP contribution in [0.4, 0.5) is 8.78 Å². The lowest BCUT2D eigenvalue weighted by Gasteiger charge is -2.14. The van der Waals surface area contributed by atoms with E-state index >= 15 is 0 Å². The number of aromatic nitrogens is 2. The molecule has 0 bridgehead atoms. The van der Waals surface area contributed by atoms with Gasteiger partial charge in [0.05, 0.1) is 19.9 Å². The summed E-state index contributed by atoms with van der Waals surface area (Å²) >= 11 is 0. The summed E-state index contributed by atoms with van der Waals surface area (Å²) in [5, 5.41) is 0.651. The van der Waals surface area contributed by atoms with Gasteiger partial charge in [-0.2, -0.15) is 0 Å². The molecule has 4 aromatic rings. The number of halogens is 2. The Kier molecular flexibility index (Phi) is 6.23. The molecule has 1 amide bonds. The number of nitrogens with zero attached hydrogens (tertiary/aromatic N) is 2. The molecule has 2 aromatic heterocycles. The van der Waals surface area contributed by atoms with Gasteiger partial charge in [0.25, 0.3) is 5.91 Å². The van der Waals surface area contributed by atoms with E-state index < -0.39 is 27.6 Å². The van der Waals surface area contributed by atoms with Crippen LogP contribution in [0.25, 0.3) is 22.0 Å². The van der Waals surface area contributed by atoms with Crippen molar-refractivity contribution in [2.75, 3.05) is 13.4 Å². The molecule has 0 radical (unpaired) electrons. The number of nitrogens with one attached hydrogen (secondary N) is 1. The molecule has 0 saturated heterocycles. The minimum Gasteiger partial charge on any atom is -0.481 e. The van der Waals surface area contributed by atoms with Gasteiger partial charge in [-0.25, -0.2) is 26.9 Å². The number of methoxy groups -OCH3 is 1. The topological polar surface area (TPSA) is 90.3 Å². The highest BCUT2D eigenvalue weighted by Crippen LogP contribution is 2.49. The van der Waals surface area contributed by atoms with E-state index in [1.54, 1.807) is 12.1 Å². The lowest BCUT2D eigenvalue weighted by atomic mass is 9.99. The lowest BCUT2D eigenvalue weighted by molar-refractivity contribution is 0.0974. The number of rotatable bonds is 7. The van der Waals surface area contributed by atoms with Gasteiger partial charge in [-0.3, -0.25) is 4.79 Å². The monoisotopic (exact) mass is 525 g/mol. The zero-order chi connectivity index (χ0) is 26.5. The van der Waals surface area contributed by atoms with Crippen molar-refractivity contribution in [3.63, 3.8) is 0 Å². The standard InChI is InChI=1S/C27H25F2N3O4S/c1-15-11-20(15)16-6-9-23-21(13-16)24(19-5-4-10-30-27(19)36-2)25(26(33)31-37(3,34)35)32(23)14-17-12-18(28)7-8-22(17)29/h4-10,12-13,15,20H,11,14H2,1-3H3,(H,31,33)/t15-,20+/m1/s1. The summed E-state index contributed by atoms with van der Waals surface area (Å²) in [6.45, 7) is 1.94. The Bertz CT molecular complexity index is 1650. The summed E-state index contributed by atoms with van der Waals surface area (Å²) in [5.74, 6) is -1.07. The van der Waals surface area contributed by atoms with Gasteiger partial charge >= 0.3 is 0 Å². The zero-order valence-corrected chi connectivity index (χ0v) is 21.3. The minimum absolute atomic E-state index is 0.00917. The third kappa shape index (κ3) is 4.81. The van der Waals surface area contributed by atoms with Crippen molar-refractivity contribution >= 4 is 26.8 Å². The van der Waals surface area contributed by atoms with Crippen molar-refractivity contribution in [2.24, 2.45) is 5.92 Å². The number of sulfonamides is 1. The quantitative estimate of drug-likeness (QED) is 0.373. The van der Waals surface area contributed by atoms with Crippen LogP contribution < -0.4 is 9.46 Å². The molecule has 2 heterocycles. The van der Waals surface area contributed by atoms with Crippen LogP contribution in [0.1, 0.15) is 40.9 Å². The summed E-state index contributed by atoms with van der Waals surface area (Å²) in [7, 11) is -2.50. The number of benzene rings is 2. The average Bonchev–Trinajstić information content (AvgIpc) is 3.49. The Morgan fingerprint density at radius 2 is 1.95 bits per heavy atom. The van der Waals surface area contributed by atoms with Gasteiger partial charge in [0.2, 0.25) is 15.9 Å².